The summed E-state index contributed by atoms with van der Waals surface area (Å²) in [5.41, 5.74) is 0.843. The number of nitrogens with zero attached hydrogens (tertiary/aromatic N) is 2. The number of carbonyl (C=O) groups is 2. The van der Waals surface area contributed by atoms with Gasteiger partial charge in [-0.1, -0.05) is 37.5 Å². The maximum Gasteiger partial charge on any atom is 0.362 e. The molecule has 28 heavy (non-hydrogen) atoms. The smallest absolute Gasteiger partial charge is 0.362 e. The minimum atomic E-state index is -0.574. The van der Waals surface area contributed by atoms with E-state index in [4.69, 9.17) is 9.47 Å². The van der Waals surface area contributed by atoms with Crippen LogP contribution in [0.4, 0.5) is 0 Å². The van der Waals surface area contributed by atoms with Gasteiger partial charge in [-0.3, -0.25) is 4.79 Å². The van der Waals surface area contributed by atoms with Gasteiger partial charge in [-0.05, 0) is 37.8 Å². The molecular weight excluding hydrogens is 358 g/mol. The lowest BCUT2D eigenvalue weighted by atomic mass is 9.89. The molecule has 1 amide bonds. The molecule has 1 aliphatic rings. The lowest BCUT2D eigenvalue weighted by Gasteiger charge is -2.21. The molecule has 7 heteroatoms. The summed E-state index contributed by atoms with van der Waals surface area (Å²) in [7, 11) is 0. The van der Waals surface area contributed by atoms with E-state index >= 15 is 0 Å². The van der Waals surface area contributed by atoms with E-state index in [2.05, 4.69) is 10.4 Å². The van der Waals surface area contributed by atoms with Crippen LogP contribution < -0.4 is 10.1 Å². The van der Waals surface area contributed by atoms with Crippen LogP contribution in [0.2, 0.25) is 0 Å². The second kappa shape index (κ2) is 9.92. The number of hydrogen-bond donors (Lipinski definition) is 1. The van der Waals surface area contributed by atoms with Gasteiger partial charge in [0.15, 0.2) is 12.4 Å². The molecule has 0 aliphatic heterocycles. The van der Waals surface area contributed by atoms with Gasteiger partial charge in [0, 0.05) is 6.54 Å². The number of ether oxygens (including phenoxy) is 2. The second-order valence-electron chi connectivity index (χ2n) is 6.94. The SMILES string of the molecule is CCOC(=O)c1nn(-c2ccccc2)cc1OCC(=O)NCC1CCCCC1. The third-order valence-corrected chi connectivity index (χ3v) is 4.84. The van der Waals surface area contributed by atoms with E-state index in [1.54, 1.807) is 17.8 Å². The number of nitrogens with one attached hydrogen (secondary N) is 1. The Morgan fingerprint density at radius 2 is 1.93 bits per heavy atom. The monoisotopic (exact) mass is 385 g/mol. The fourth-order valence-corrected chi connectivity index (χ4v) is 3.36. The normalized spacial score (nSPS) is 14.5. The molecule has 0 spiro atoms. The van der Waals surface area contributed by atoms with Crippen molar-refractivity contribution in [2.45, 2.75) is 39.0 Å². The van der Waals surface area contributed by atoms with Crippen LogP contribution in [-0.4, -0.2) is 41.4 Å². The zero-order valence-corrected chi connectivity index (χ0v) is 16.2. The Balaban J connectivity index is 1.63. The Kier molecular flexibility index (Phi) is 7.06. The zero-order chi connectivity index (χ0) is 19.8. The number of hydrogen-bond acceptors (Lipinski definition) is 5. The van der Waals surface area contributed by atoms with Crippen LogP contribution in [0.1, 0.15) is 49.5 Å². The average molecular weight is 385 g/mol. The van der Waals surface area contributed by atoms with Gasteiger partial charge in [-0.15, -0.1) is 0 Å². The molecule has 2 aromatic rings. The van der Waals surface area contributed by atoms with E-state index in [1.807, 2.05) is 30.3 Å². The van der Waals surface area contributed by atoms with Crippen molar-refractivity contribution >= 4 is 11.9 Å². The van der Waals surface area contributed by atoms with Crippen LogP contribution in [-0.2, 0) is 9.53 Å². The molecule has 1 aromatic heterocycles. The minimum absolute atomic E-state index is 0.0609. The van der Waals surface area contributed by atoms with E-state index in [9.17, 15) is 9.59 Å². The molecule has 1 saturated carbocycles. The second-order valence-corrected chi connectivity index (χ2v) is 6.94. The van der Waals surface area contributed by atoms with Gasteiger partial charge in [0.1, 0.15) is 0 Å². The number of rotatable bonds is 8. The van der Waals surface area contributed by atoms with Crippen LogP contribution in [0.5, 0.6) is 5.75 Å². The number of esters is 1. The molecule has 1 N–H and O–H groups in total. The molecule has 0 saturated heterocycles. The molecule has 1 aromatic carbocycles. The van der Waals surface area contributed by atoms with Crippen molar-refractivity contribution in [3.8, 4) is 11.4 Å². The predicted molar refractivity (Wildman–Crippen MR) is 105 cm³/mol. The van der Waals surface area contributed by atoms with Gasteiger partial charge in [-0.2, -0.15) is 5.10 Å². The van der Waals surface area contributed by atoms with Crippen molar-refractivity contribution in [2.75, 3.05) is 19.8 Å². The van der Waals surface area contributed by atoms with Crippen LogP contribution in [0.25, 0.3) is 5.69 Å². The van der Waals surface area contributed by atoms with Gasteiger partial charge in [0.2, 0.25) is 5.69 Å². The van der Waals surface area contributed by atoms with Crippen molar-refractivity contribution < 1.29 is 19.1 Å². The van der Waals surface area contributed by atoms with Crippen LogP contribution in [0, 0.1) is 5.92 Å². The summed E-state index contributed by atoms with van der Waals surface area (Å²) in [6.07, 6.45) is 7.68. The highest BCUT2D eigenvalue weighted by atomic mass is 16.5. The fourth-order valence-electron chi connectivity index (χ4n) is 3.36. The molecule has 3 rings (SSSR count). The predicted octanol–water partition coefficient (Wildman–Crippen LogP) is 3.12. The number of aromatic nitrogens is 2. The summed E-state index contributed by atoms with van der Waals surface area (Å²) in [5.74, 6) is 0.00591. The van der Waals surface area contributed by atoms with Crippen LogP contribution in [0.15, 0.2) is 36.5 Å². The topological polar surface area (TPSA) is 82.4 Å². The summed E-state index contributed by atoms with van der Waals surface area (Å²) < 4.78 is 12.2. The lowest BCUT2D eigenvalue weighted by molar-refractivity contribution is -0.123. The molecule has 0 radical (unpaired) electrons. The van der Waals surface area contributed by atoms with Gasteiger partial charge in [-0.25, -0.2) is 9.48 Å². The van der Waals surface area contributed by atoms with E-state index in [1.165, 1.54) is 19.3 Å². The van der Waals surface area contributed by atoms with Crippen LogP contribution >= 0.6 is 0 Å². The number of carbonyl (C=O) groups excluding carboxylic acids is 2. The molecule has 1 heterocycles. The third kappa shape index (κ3) is 5.34. The summed E-state index contributed by atoms with van der Waals surface area (Å²) in [5, 5.41) is 7.21. The average Bonchev–Trinajstić information content (AvgIpc) is 3.17. The maximum atomic E-state index is 12.2. The van der Waals surface area contributed by atoms with Gasteiger partial charge >= 0.3 is 5.97 Å². The number of amides is 1. The Hall–Kier alpha value is -2.83. The van der Waals surface area contributed by atoms with Gasteiger partial charge in [0.25, 0.3) is 5.91 Å². The largest absolute Gasteiger partial charge is 0.480 e. The highest BCUT2D eigenvalue weighted by molar-refractivity contribution is 5.90. The highest BCUT2D eigenvalue weighted by Gasteiger charge is 2.21. The summed E-state index contributed by atoms with van der Waals surface area (Å²) in [6.45, 7) is 2.47. The quantitative estimate of drug-likeness (QED) is 0.706. The Morgan fingerprint density at radius 3 is 2.64 bits per heavy atom. The van der Waals surface area contributed by atoms with Crippen LogP contribution in [0.3, 0.4) is 0 Å². The molecule has 150 valence electrons. The van der Waals surface area contributed by atoms with E-state index in [-0.39, 0.29) is 30.6 Å². The van der Waals surface area contributed by atoms with Crippen molar-refractivity contribution in [1.29, 1.82) is 0 Å². The molecule has 0 unspecified atom stereocenters. The Bertz CT molecular complexity index is 782. The first-order valence-corrected chi connectivity index (χ1v) is 9.89. The first kappa shape index (κ1) is 19.9. The molecule has 1 aliphatic carbocycles. The minimum Gasteiger partial charge on any atom is -0.480 e. The first-order chi connectivity index (χ1) is 13.7. The Morgan fingerprint density at radius 1 is 1.18 bits per heavy atom. The summed E-state index contributed by atoms with van der Waals surface area (Å²) in [4.78, 5) is 24.4. The van der Waals surface area contributed by atoms with E-state index < -0.39 is 5.97 Å². The van der Waals surface area contributed by atoms with Crippen molar-refractivity contribution in [3.63, 3.8) is 0 Å². The summed E-state index contributed by atoms with van der Waals surface area (Å²) in [6, 6.07) is 9.37. The highest BCUT2D eigenvalue weighted by Crippen LogP contribution is 2.23. The molecule has 7 nitrogen and oxygen atoms in total. The van der Waals surface area contributed by atoms with Crippen molar-refractivity contribution in [2.24, 2.45) is 5.92 Å². The first-order valence-electron chi connectivity index (χ1n) is 9.89. The standard InChI is InChI=1S/C21H27N3O4/c1-2-27-21(26)20-18(14-24(23-20)17-11-7-4-8-12-17)28-15-19(25)22-13-16-9-5-3-6-10-16/h4,7-8,11-12,14,16H,2-3,5-6,9-10,13,15H2,1H3,(H,22,25). The van der Waals surface area contributed by atoms with Crippen molar-refractivity contribution in [1.82, 2.24) is 15.1 Å². The van der Waals surface area contributed by atoms with Gasteiger partial charge in [0.05, 0.1) is 18.5 Å². The van der Waals surface area contributed by atoms with Crippen molar-refractivity contribution in [3.05, 3.63) is 42.2 Å². The van der Waals surface area contributed by atoms with E-state index in [0.29, 0.717) is 12.5 Å². The Labute approximate surface area is 165 Å². The molecule has 1 fully saturated rings. The number of para-hydroxylation sites is 1. The number of benzene rings is 1. The molecular formula is C21H27N3O4. The van der Waals surface area contributed by atoms with E-state index in [0.717, 1.165) is 18.5 Å². The maximum absolute atomic E-state index is 12.2. The molecule has 0 bridgehead atoms. The van der Waals surface area contributed by atoms with Gasteiger partial charge < -0.3 is 14.8 Å². The molecule has 0 atom stereocenters. The fraction of sp³-hybridized carbons (Fsp3) is 0.476. The summed E-state index contributed by atoms with van der Waals surface area (Å²) >= 11 is 0. The third-order valence-electron chi connectivity index (χ3n) is 4.84. The zero-order valence-electron chi connectivity index (χ0n) is 16.2. The lowest BCUT2D eigenvalue weighted by Crippen LogP contribution is -2.33.